The van der Waals surface area contributed by atoms with Crippen molar-refractivity contribution in [1.29, 1.82) is 0 Å². The summed E-state index contributed by atoms with van der Waals surface area (Å²) in [5, 5.41) is 9.09. The fourth-order valence-electron chi connectivity index (χ4n) is 1.92. The van der Waals surface area contributed by atoms with E-state index in [9.17, 15) is 9.59 Å². The maximum absolute atomic E-state index is 12.2. The van der Waals surface area contributed by atoms with E-state index < -0.39 is 11.4 Å². The first-order chi connectivity index (χ1) is 8.81. The first kappa shape index (κ1) is 17.9. The molecule has 0 saturated carbocycles. The lowest BCUT2D eigenvalue weighted by atomic mass is 9.91. The second-order valence-electron chi connectivity index (χ2n) is 5.20. The molecule has 0 bridgehead atoms. The van der Waals surface area contributed by atoms with Crippen molar-refractivity contribution >= 4 is 11.9 Å². The van der Waals surface area contributed by atoms with Gasteiger partial charge in [-0.15, -0.1) is 0 Å². The second kappa shape index (κ2) is 8.15. The summed E-state index contributed by atoms with van der Waals surface area (Å²) >= 11 is 0. The average molecular weight is 272 g/mol. The monoisotopic (exact) mass is 272 g/mol. The molecule has 0 heterocycles. The van der Waals surface area contributed by atoms with Gasteiger partial charge in [0.1, 0.15) is 5.41 Å². The zero-order chi connectivity index (χ0) is 15.1. The molecule has 112 valence electrons. The van der Waals surface area contributed by atoms with Crippen molar-refractivity contribution < 1.29 is 14.7 Å². The van der Waals surface area contributed by atoms with Crippen LogP contribution in [-0.4, -0.2) is 59.5 Å². The van der Waals surface area contributed by atoms with E-state index in [1.807, 2.05) is 6.92 Å². The summed E-state index contributed by atoms with van der Waals surface area (Å²) < 4.78 is 0. The Morgan fingerprint density at radius 1 is 1.00 bits per heavy atom. The molecule has 0 radical (unpaired) electrons. The predicted octanol–water partition coefficient (Wildman–Crippen LogP) is 1.68. The lowest BCUT2D eigenvalue weighted by molar-refractivity contribution is -0.158. The van der Waals surface area contributed by atoms with Crippen LogP contribution in [0.25, 0.3) is 0 Å². The summed E-state index contributed by atoms with van der Waals surface area (Å²) in [6, 6.07) is 0. The maximum Gasteiger partial charge on any atom is 0.318 e. The molecule has 0 aromatic rings. The van der Waals surface area contributed by atoms with Crippen molar-refractivity contribution in [3.63, 3.8) is 0 Å². The SMILES string of the molecule is CCN(CC)CCCN(CC)C(=O)C(C)(C)C(=O)O. The molecule has 0 aliphatic carbocycles. The molecule has 5 heteroatoms. The Bertz CT molecular complexity index is 299. The molecule has 0 fully saturated rings. The third-order valence-electron chi connectivity index (χ3n) is 3.54. The van der Waals surface area contributed by atoms with Gasteiger partial charge in [-0.1, -0.05) is 13.8 Å². The number of hydrogen-bond donors (Lipinski definition) is 1. The number of aliphatic carboxylic acids is 1. The van der Waals surface area contributed by atoms with Crippen LogP contribution in [-0.2, 0) is 9.59 Å². The van der Waals surface area contributed by atoms with Gasteiger partial charge in [-0.05, 0) is 46.8 Å². The summed E-state index contributed by atoms with van der Waals surface area (Å²) in [7, 11) is 0. The number of rotatable bonds is 9. The second-order valence-corrected chi connectivity index (χ2v) is 5.20. The van der Waals surface area contributed by atoms with Crippen LogP contribution in [0.5, 0.6) is 0 Å². The highest BCUT2D eigenvalue weighted by atomic mass is 16.4. The van der Waals surface area contributed by atoms with Crippen molar-refractivity contribution in [1.82, 2.24) is 9.80 Å². The van der Waals surface area contributed by atoms with Gasteiger partial charge in [-0.2, -0.15) is 0 Å². The van der Waals surface area contributed by atoms with Crippen molar-refractivity contribution in [3.05, 3.63) is 0 Å². The first-order valence-corrected chi connectivity index (χ1v) is 7.06. The van der Waals surface area contributed by atoms with E-state index in [0.717, 1.165) is 26.1 Å². The molecule has 0 atom stereocenters. The highest BCUT2D eigenvalue weighted by Crippen LogP contribution is 2.19. The normalized spacial score (nSPS) is 11.7. The Hall–Kier alpha value is -1.10. The van der Waals surface area contributed by atoms with Gasteiger partial charge in [0.15, 0.2) is 0 Å². The Labute approximate surface area is 116 Å². The van der Waals surface area contributed by atoms with E-state index in [4.69, 9.17) is 5.11 Å². The lowest BCUT2D eigenvalue weighted by Gasteiger charge is -2.29. The van der Waals surface area contributed by atoms with Crippen molar-refractivity contribution in [2.75, 3.05) is 32.7 Å². The molecule has 0 rings (SSSR count). The predicted molar refractivity (Wildman–Crippen MR) is 76.1 cm³/mol. The topological polar surface area (TPSA) is 60.9 Å². The molecule has 19 heavy (non-hydrogen) atoms. The first-order valence-electron chi connectivity index (χ1n) is 7.06. The summed E-state index contributed by atoms with van der Waals surface area (Å²) in [5.41, 5.74) is -1.34. The smallest absolute Gasteiger partial charge is 0.318 e. The summed E-state index contributed by atoms with van der Waals surface area (Å²) in [5.74, 6) is -1.37. The molecule has 1 amide bonds. The van der Waals surface area contributed by atoms with E-state index in [1.54, 1.807) is 4.90 Å². The molecule has 0 aliphatic rings. The number of carboxylic acids is 1. The van der Waals surface area contributed by atoms with Crippen molar-refractivity contribution in [2.24, 2.45) is 5.41 Å². The summed E-state index contributed by atoms with van der Waals surface area (Å²) in [6.45, 7) is 13.1. The van der Waals surface area contributed by atoms with Crippen molar-refractivity contribution in [2.45, 2.75) is 41.0 Å². The van der Waals surface area contributed by atoms with Crippen LogP contribution >= 0.6 is 0 Å². The Balaban J connectivity index is 4.43. The minimum Gasteiger partial charge on any atom is -0.480 e. The molecule has 0 aromatic heterocycles. The van der Waals surface area contributed by atoms with Crippen LogP contribution in [0.1, 0.15) is 41.0 Å². The third-order valence-corrected chi connectivity index (χ3v) is 3.54. The largest absolute Gasteiger partial charge is 0.480 e. The van der Waals surface area contributed by atoms with Gasteiger partial charge in [-0.25, -0.2) is 0 Å². The van der Waals surface area contributed by atoms with Gasteiger partial charge in [0, 0.05) is 13.1 Å². The van der Waals surface area contributed by atoms with Crippen LogP contribution in [0.15, 0.2) is 0 Å². The van der Waals surface area contributed by atoms with Gasteiger partial charge >= 0.3 is 5.97 Å². The fraction of sp³-hybridized carbons (Fsp3) is 0.857. The van der Waals surface area contributed by atoms with Gasteiger partial charge in [0.25, 0.3) is 0 Å². The summed E-state index contributed by atoms with van der Waals surface area (Å²) in [4.78, 5) is 27.2. The zero-order valence-electron chi connectivity index (χ0n) is 12.9. The Morgan fingerprint density at radius 2 is 1.53 bits per heavy atom. The number of nitrogens with zero attached hydrogens (tertiary/aromatic N) is 2. The molecule has 1 N–H and O–H groups in total. The maximum atomic E-state index is 12.2. The van der Waals surface area contributed by atoms with E-state index in [0.29, 0.717) is 13.1 Å². The fourth-order valence-corrected chi connectivity index (χ4v) is 1.92. The van der Waals surface area contributed by atoms with Crippen LogP contribution in [0.4, 0.5) is 0 Å². The number of carbonyl (C=O) groups is 2. The van der Waals surface area contributed by atoms with Crippen LogP contribution in [0, 0.1) is 5.41 Å². The van der Waals surface area contributed by atoms with Crippen LogP contribution in [0.3, 0.4) is 0 Å². The van der Waals surface area contributed by atoms with E-state index >= 15 is 0 Å². The minimum absolute atomic E-state index is 0.304. The quantitative estimate of drug-likeness (QED) is 0.649. The van der Waals surface area contributed by atoms with E-state index in [-0.39, 0.29) is 5.91 Å². The Morgan fingerprint density at radius 3 is 1.89 bits per heavy atom. The molecule has 0 aromatic carbocycles. The number of hydrogen-bond acceptors (Lipinski definition) is 3. The zero-order valence-corrected chi connectivity index (χ0v) is 12.9. The van der Waals surface area contributed by atoms with E-state index in [2.05, 4.69) is 18.7 Å². The lowest BCUT2D eigenvalue weighted by Crippen LogP contribution is -2.46. The molecular formula is C14H28N2O3. The molecule has 0 unspecified atom stereocenters. The average Bonchev–Trinajstić information content (AvgIpc) is 2.38. The van der Waals surface area contributed by atoms with Gasteiger partial charge in [-0.3, -0.25) is 9.59 Å². The third kappa shape index (κ3) is 5.19. The highest BCUT2D eigenvalue weighted by molar-refractivity contribution is 6.00. The molecule has 5 nitrogen and oxygen atoms in total. The van der Waals surface area contributed by atoms with Crippen molar-refractivity contribution in [3.8, 4) is 0 Å². The van der Waals surface area contributed by atoms with E-state index in [1.165, 1.54) is 13.8 Å². The Kier molecular flexibility index (Phi) is 7.68. The van der Waals surface area contributed by atoms with Crippen LogP contribution < -0.4 is 0 Å². The molecule has 0 aliphatic heterocycles. The highest BCUT2D eigenvalue weighted by Gasteiger charge is 2.38. The van der Waals surface area contributed by atoms with Gasteiger partial charge in [0.2, 0.25) is 5.91 Å². The minimum atomic E-state index is -1.34. The number of carbonyl (C=O) groups excluding carboxylic acids is 1. The van der Waals surface area contributed by atoms with Gasteiger partial charge in [0.05, 0.1) is 0 Å². The number of amides is 1. The standard InChI is InChI=1S/C14H28N2O3/c1-6-15(7-2)10-9-11-16(8-3)12(17)14(4,5)13(18)19/h6-11H2,1-5H3,(H,18,19). The molecular weight excluding hydrogens is 244 g/mol. The summed E-state index contributed by atoms with van der Waals surface area (Å²) in [6.07, 6.45) is 0.872. The van der Waals surface area contributed by atoms with Gasteiger partial charge < -0.3 is 14.9 Å². The molecule has 0 saturated heterocycles. The molecule has 0 spiro atoms. The van der Waals surface area contributed by atoms with Crippen LogP contribution in [0.2, 0.25) is 0 Å². The number of carboxylic acid groups (broad SMARTS) is 1.